The van der Waals surface area contributed by atoms with Crippen LogP contribution in [0.15, 0.2) is 36.5 Å². The van der Waals surface area contributed by atoms with E-state index in [1.165, 1.54) is 24.6 Å². The number of nitrogens with one attached hydrogen (secondary N) is 4. The Morgan fingerprint density at radius 3 is 2.42 bits per heavy atom. The average molecular weight is 590 g/mol. The molecule has 1 aromatic heterocycles. The number of para-hydroxylation sites is 1. The van der Waals surface area contributed by atoms with E-state index >= 15 is 0 Å². The largest absolute Gasteiger partial charge is 0.494 e. The molecule has 40 heavy (non-hydrogen) atoms. The van der Waals surface area contributed by atoms with Gasteiger partial charge in [0.2, 0.25) is 16.0 Å². The van der Waals surface area contributed by atoms with Gasteiger partial charge >= 0.3 is 0 Å². The minimum atomic E-state index is -3.58. The Morgan fingerprint density at radius 1 is 1.07 bits per heavy atom. The molecule has 1 aliphatic heterocycles. The van der Waals surface area contributed by atoms with Gasteiger partial charge in [0.15, 0.2) is 5.82 Å². The molecule has 0 spiro atoms. The Labute approximate surface area is 240 Å². The summed E-state index contributed by atoms with van der Waals surface area (Å²) < 4.78 is 37.6. The molecular weight excluding hydrogens is 554 g/mol. The highest BCUT2D eigenvalue weighted by Gasteiger charge is 2.22. The molecule has 13 heteroatoms. The molecule has 4 N–H and O–H groups in total. The molecule has 3 aromatic rings. The Balaban J connectivity index is 1.63. The summed E-state index contributed by atoms with van der Waals surface area (Å²) in [5.41, 5.74) is 3.73. The molecule has 0 bridgehead atoms. The van der Waals surface area contributed by atoms with Crippen LogP contribution in [0.1, 0.15) is 25.3 Å². The topological polar surface area (TPSA) is 130 Å². The van der Waals surface area contributed by atoms with Crippen LogP contribution in [-0.2, 0) is 16.4 Å². The Morgan fingerprint density at radius 2 is 1.80 bits per heavy atom. The molecule has 0 amide bonds. The number of hydrogen-bond donors (Lipinski definition) is 4. The van der Waals surface area contributed by atoms with E-state index in [9.17, 15) is 8.42 Å². The first-order valence-corrected chi connectivity index (χ1v) is 15.3. The van der Waals surface area contributed by atoms with Crippen LogP contribution < -0.4 is 35.0 Å². The SMILES string of the molecule is CCc1cc(Nc2ncc(Cl)c(Nc3cccc(OC)c3NS(C)(=O)=O)n2)c(OC)cc1N1CCC(NC)CC1. The lowest BCUT2D eigenvalue weighted by atomic mass is 10.0. The summed E-state index contributed by atoms with van der Waals surface area (Å²) in [5.74, 6) is 1.58. The van der Waals surface area contributed by atoms with Gasteiger partial charge in [-0.05, 0) is 50.1 Å². The number of hydrogen-bond acceptors (Lipinski definition) is 10. The van der Waals surface area contributed by atoms with E-state index in [1.807, 2.05) is 7.05 Å². The van der Waals surface area contributed by atoms with Crippen molar-refractivity contribution in [1.82, 2.24) is 15.3 Å². The smallest absolute Gasteiger partial charge is 0.230 e. The van der Waals surface area contributed by atoms with Crippen LogP contribution in [-0.4, -0.2) is 65.0 Å². The number of halogens is 1. The normalized spacial score (nSPS) is 14.1. The molecule has 0 aliphatic carbocycles. The molecule has 1 fully saturated rings. The molecule has 0 saturated carbocycles. The van der Waals surface area contributed by atoms with Gasteiger partial charge in [-0.1, -0.05) is 24.6 Å². The second kappa shape index (κ2) is 12.8. The third-order valence-electron chi connectivity index (χ3n) is 6.80. The van der Waals surface area contributed by atoms with E-state index in [-0.39, 0.29) is 22.5 Å². The molecule has 0 radical (unpaired) electrons. The quantitative estimate of drug-likeness (QED) is 0.248. The van der Waals surface area contributed by atoms with Crippen molar-refractivity contribution >= 4 is 56.1 Å². The predicted molar refractivity (Wildman–Crippen MR) is 162 cm³/mol. The first kappa shape index (κ1) is 29.5. The second-order valence-corrected chi connectivity index (χ2v) is 11.6. The third kappa shape index (κ3) is 6.98. The fraction of sp³-hybridized carbons (Fsp3) is 0.407. The zero-order valence-corrected chi connectivity index (χ0v) is 24.9. The summed E-state index contributed by atoms with van der Waals surface area (Å²) in [5, 5.41) is 10.00. The van der Waals surface area contributed by atoms with Crippen molar-refractivity contribution in [3.63, 3.8) is 0 Å². The first-order valence-electron chi connectivity index (χ1n) is 13.0. The van der Waals surface area contributed by atoms with Crippen LogP contribution >= 0.6 is 11.6 Å². The highest BCUT2D eigenvalue weighted by atomic mass is 35.5. The van der Waals surface area contributed by atoms with E-state index in [0.29, 0.717) is 23.2 Å². The van der Waals surface area contributed by atoms with Gasteiger partial charge in [-0.25, -0.2) is 13.4 Å². The second-order valence-electron chi connectivity index (χ2n) is 9.48. The van der Waals surface area contributed by atoms with Gasteiger partial charge in [0, 0.05) is 30.9 Å². The minimum Gasteiger partial charge on any atom is -0.494 e. The van der Waals surface area contributed by atoms with E-state index < -0.39 is 10.0 Å². The lowest BCUT2D eigenvalue weighted by molar-refractivity contribution is 0.415. The Kier molecular flexibility index (Phi) is 9.44. The molecule has 4 rings (SSSR count). The zero-order chi connectivity index (χ0) is 28.9. The van der Waals surface area contributed by atoms with Gasteiger partial charge in [-0.3, -0.25) is 4.72 Å². The van der Waals surface area contributed by atoms with E-state index in [0.717, 1.165) is 44.3 Å². The summed E-state index contributed by atoms with van der Waals surface area (Å²) >= 11 is 6.42. The maximum Gasteiger partial charge on any atom is 0.230 e. The number of piperidine rings is 1. The van der Waals surface area contributed by atoms with Crippen molar-refractivity contribution in [2.24, 2.45) is 0 Å². The molecule has 1 aliphatic rings. The zero-order valence-electron chi connectivity index (χ0n) is 23.3. The fourth-order valence-corrected chi connectivity index (χ4v) is 5.45. The van der Waals surface area contributed by atoms with Gasteiger partial charge in [-0.2, -0.15) is 4.98 Å². The highest BCUT2D eigenvalue weighted by molar-refractivity contribution is 7.92. The van der Waals surface area contributed by atoms with Crippen LogP contribution in [0.2, 0.25) is 5.02 Å². The fourth-order valence-electron chi connectivity index (χ4n) is 4.73. The molecular formula is C27H36ClN7O4S. The van der Waals surface area contributed by atoms with Crippen molar-refractivity contribution in [1.29, 1.82) is 0 Å². The lowest BCUT2D eigenvalue weighted by Crippen LogP contribution is -2.41. The van der Waals surface area contributed by atoms with Crippen LogP contribution in [0.25, 0.3) is 0 Å². The maximum absolute atomic E-state index is 12.0. The third-order valence-corrected chi connectivity index (χ3v) is 7.65. The van der Waals surface area contributed by atoms with E-state index in [4.69, 9.17) is 21.1 Å². The summed E-state index contributed by atoms with van der Waals surface area (Å²) in [4.78, 5) is 11.3. The summed E-state index contributed by atoms with van der Waals surface area (Å²) in [7, 11) is 1.53. The van der Waals surface area contributed by atoms with Crippen molar-refractivity contribution in [3.8, 4) is 11.5 Å². The van der Waals surface area contributed by atoms with Gasteiger partial charge in [0.25, 0.3) is 0 Å². The van der Waals surface area contributed by atoms with Crippen LogP contribution in [0.4, 0.5) is 34.5 Å². The number of rotatable bonds is 11. The highest BCUT2D eigenvalue weighted by Crippen LogP contribution is 2.38. The van der Waals surface area contributed by atoms with Crippen molar-refractivity contribution < 1.29 is 17.9 Å². The van der Waals surface area contributed by atoms with Crippen molar-refractivity contribution in [3.05, 3.63) is 47.1 Å². The van der Waals surface area contributed by atoms with E-state index in [1.54, 1.807) is 25.3 Å². The molecule has 0 atom stereocenters. The van der Waals surface area contributed by atoms with Crippen LogP contribution in [0.5, 0.6) is 11.5 Å². The monoisotopic (exact) mass is 589 g/mol. The number of ether oxygens (including phenoxy) is 2. The Bertz CT molecular complexity index is 1450. The van der Waals surface area contributed by atoms with Gasteiger partial charge in [-0.15, -0.1) is 0 Å². The first-order chi connectivity index (χ1) is 19.1. The molecule has 2 aromatic carbocycles. The number of anilines is 6. The lowest BCUT2D eigenvalue weighted by Gasteiger charge is -2.35. The number of sulfonamides is 1. The summed E-state index contributed by atoms with van der Waals surface area (Å²) in [6.07, 6.45) is 5.56. The number of nitrogens with zero attached hydrogens (tertiary/aromatic N) is 3. The molecule has 11 nitrogen and oxygen atoms in total. The summed E-state index contributed by atoms with van der Waals surface area (Å²) in [6, 6.07) is 9.75. The van der Waals surface area contributed by atoms with Crippen molar-refractivity contribution in [2.45, 2.75) is 32.2 Å². The predicted octanol–water partition coefficient (Wildman–Crippen LogP) is 4.76. The summed E-state index contributed by atoms with van der Waals surface area (Å²) in [6.45, 7) is 4.08. The van der Waals surface area contributed by atoms with Gasteiger partial charge in [0.1, 0.15) is 22.2 Å². The number of benzene rings is 2. The van der Waals surface area contributed by atoms with Crippen molar-refractivity contribution in [2.75, 3.05) is 60.9 Å². The van der Waals surface area contributed by atoms with Gasteiger partial charge < -0.3 is 30.3 Å². The van der Waals surface area contributed by atoms with Gasteiger partial charge in [0.05, 0.1) is 38.0 Å². The minimum absolute atomic E-state index is 0.236. The number of aryl methyl sites for hydroxylation is 1. The molecule has 0 unspecified atom stereocenters. The molecule has 1 saturated heterocycles. The number of aromatic nitrogens is 2. The number of methoxy groups -OCH3 is 2. The maximum atomic E-state index is 12.0. The average Bonchev–Trinajstić information content (AvgIpc) is 2.94. The Hall–Kier alpha value is -3.48. The molecule has 2 heterocycles. The molecule has 216 valence electrons. The standard InChI is InChI=1S/C27H36ClN7O4S/c1-6-17-14-21(24(39-4)15-22(17)35-12-10-18(29-2)11-13-35)32-27-30-16-19(28)26(33-27)31-20-8-7-9-23(38-3)25(20)34-40(5,36)37/h7-9,14-16,18,29,34H,6,10-13H2,1-5H3,(H2,30,31,32,33). The van der Waals surface area contributed by atoms with Crippen LogP contribution in [0, 0.1) is 0 Å². The van der Waals surface area contributed by atoms with E-state index in [2.05, 4.69) is 54.6 Å². The van der Waals surface area contributed by atoms with Crippen LogP contribution in [0.3, 0.4) is 0 Å².